The zero-order valence-electron chi connectivity index (χ0n) is 27.4. The van der Waals surface area contributed by atoms with Gasteiger partial charge in [-0.15, -0.1) is 10.2 Å². The van der Waals surface area contributed by atoms with E-state index < -0.39 is 0 Å². The lowest BCUT2D eigenvalue weighted by molar-refractivity contribution is 1.20. The minimum Gasteiger partial charge on any atom is -0.337 e. The van der Waals surface area contributed by atoms with Crippen molar-refractivity contribution in [2.45, 2.75) is 13.8 Å². The highest BCUT2D eigenvalue weighted by Gasteiger charge is 2.10. The molecule has 7 rings (SSSR count). The molecule has 10 nitrogen and oxygen atoms in total. The minimum absolute atomic E-state index is 0.524. The van der Waals surface area contributed by atoms with Crippen LogP contribution in [-0.2, 0) is 0 Å². The number of aromatic nitrogens is 4. The van der Waals surface area contributed by atoms with Gasteiger partial charge in [-0.1, -0.05) is 72.8 Å². The quantitative estimate of drug-likeness (QED) is 0.0742. The molecule has 242 valence electrons. The molecular weight excluding hydrogens is 621 g/mol. The van der Waals surface area contributed by atoms with Gasteiger partial charge in [0.15, 0.2) is 11.7 Å². The van der Waals surface area contributed by atoms with Gasteiger partial charge in [-0.3, -0.25) is 9.97 Å². The van der Waals surface area contributed by atoms with Gasteiger partial charge < -0.3 is 10.6 Å². The summed E-state index contributed by atoms with van der Waals surface area (Å²) < 4.78 is 0. The molecule has 4 aromatic heterocycles. The molecule has 0 fully saturated rings. The van der Waals surface area contributed by atoms with Crippen molar-refractivity contribution in [2.24, 2.45) is 20.4 Å². The number of pyridine rings is 4. The Bertz CT molecular complexity index is 2230. The van der Waals surface area contributed by atoms with Crippen molar-refractivity contribution in [1.82, 2.24) is 19.9 Å². The molecule has 0 saturated carbocycles. The molecular formula is C40H32N10. The summed E-state index contributed by atoms with van der Waals surface area (Å²) in [6, 6.07) is 39.2. The van der Waals surface area contributed by atoms with Crippen molar-refractivity contribution in [3.63, 3.8) is 0 Å². The number of rotatable bonds is 8. The van der Waals surface area contributed by atoms with E-state index in [0.717, 1.165) is 44.3 Å². The second kappa shape index (κ2) is 14.9. The summed E-state index contributed by atoms with van der Waals surface area (Å²) in [6.07, 6.45) is 6.71. The third-order valence-electron chi connectivity index (χ3n) is 7.87. The third kappa shape index (κ3) is 7.45. The zero-order valence-corrected chi connectivity index (χ0v) is 27.4. The second-order valence-electron chi connectivity index (χ2n) is 11.4. The number of para-hydroxylation sites is 2. The first-order valence-electron chi connectivity index (χ1n) is 16.0. The largest absolute Gasteiger partial charge is 0.337 e. The number of aryl methyl sites for hydroxylation is 2. The summed E-state index contributed by atoms with van der Waals surface area (Å²) in [7, 11) is 0. The van der Waals surface area contributed by atoms with Crippen LogP contribution in [0.5, 0.6) is 0 Å². The first-order chi connectivity index (χ1) is 24.6. The minimum atomic E-state index is 0.524. The summed E-state index contributed by atoms with van der Waals surface area (Å²) in [5, 5.41) is 26.4. The number of fused-ring (bicyclic) bond motifs is 3. The normalized spacial score (nSPS) is 12.3. The van der Waals surface area contributed by atoms with Gasteiger partial charge in [-0.05, 0) is 73.5 Å². The third-order valence-corrected chi connectivity index (χ3v) is 7.87. The monoisotopic (exact) mass is 652 g/mol. The van der Waals surface area contributed by atoms with Crippen molar-refractivity contribution in [3.8, 4) is 0 Å². The molecule has 0 saturated heterocycles. The number of anilines is 2. The highest BCUT2D eigenvalue weighted by molar-refractivity contribution is 6.08. The Labute approximate surface area is 289 Å². The summed E-state index contributed by atoms with van der Waals surface area (Å²) >= 11 is 0. The average Bonchev–Trinajstić information content (AvgIpc) is 3.16. The van der Waals surface area contributed by atoms with E-state index in [2.05, 4.69) is 41.0 Å². The van der Waals surface area contributed by atoms with Crippen LogP contribution in [0.2, 0.25) is 0 Å². The number of hydrogen-bond acceptors (Lipinski definition) is 8. The molecule has 0 aliphatic rings. The van der Waals surface area contributed by atoms with Gasteiger partial charge in [0, 0.05) is 34.5 Å². The molecule has 4 heterocycles. The van der Waals surface area contributed by atoms with E-state index in [-0.39, 0.29) is 0 Å². The van der Waals surface area contributed by atoms with Gasteiger partial charge in [0.2, 0.25) is 0 Å². The lowest BCUT2D eigenvalue weighted by Gasteiger charge is -2.10. The van der Waals surface area contributed by atoms with E-state index in [0.29, 0.717) is 34.4 Å². The summed E-state index contributed by atoms with van der Waals surface area (Å²) in [5.41, 5.74) is 8.12. The SMILES string of the molecule is Cc1ccccc1N/C(=N\N=C/c1ccc2ccc3ccc(/C=N\N=C(/Nc4ccccc4C)c4ccccn4)nc3c2n1)c1ccccn1. The van der Waals surface area contributed by atoms with Gasteiger partial charge in [-0.25, -0.2) is 9.97 Å². The fraction of sp³-hybridized carbons (Fsp3) is 0.0500. The Morgan fingerprint density at radius 1 is 0.500 bits per heavy atom. The van der Waals surface area contributed by atoms with Gasteiger partial charge in [0.1, 0.15) is 11.4 Å². The first kappa shape index (κ1) is 31.6. The second-order valence-corrected chi connectivity index (χ2v) is 11.4. The van der Waals surface area contributed by atoms with E-state index in [1.54, 1.807) is 24.8 Å². The smallest absolute Gasteiger partial charge is 0.178 e. The first-order valence-corrected chi connectivity index (χ1v) is 16.0. The van der Waals surface area contributed by atoms with Crippen LogP contribution in [-0.4, -0.2) is 44.0 Å². The zero-order chi connectivity index (χ0) is 34.1. The van der Waals surface area contributed by atoms with E-state index in [9.17, 15) is 0 Å². The van der Waals surface area contributed by atoms with Crippen LogP contribution in [0.4, 0.5) is 11.4 Å². The number of hydrogen-bond donors (Lipinski definition) is 2. The van der Waals surface area contributed by atoms with E-state index >= 15 is 0 Å². The standard InChI is InChI=1S/C40H32N10/c1-27-11-3-5-13-33(27)47-39(35-15-7-9-23-41-35)49-43-25-31-21-19-29-17-18-30-20-22-32(46-38(30)37(29)45-31)26-44-50-40(36-16-8-10-24-42-36)48-34-14-6-4-12-28(34)2/h3-26H,1-2H3,(H,47,49)(H,48,50)/b43-25-,44-26-. The van der Waals surface area contributed by atoms with Crippen molar-refractivity contribution in [1.29, 1.82) is 0 Å². The van der Waals surface area contributed by atoms with Crippen LogP contribution in [0.1, 0.15) is 33.9 Å². The number of nitrogens with zero attached hydrogens (tertiary/aromatic N) is 8. The van der Waals surface area contributed by atoms with Crippen molar-refractivity contribution in [3.05, 3.63) is 168 Å². The Balaban J connectivity index is 1.18. The molecule has 0 aliphatic heterocycles. The predicted octanol–water partition coefficient (Wildman–Crippen LogP) is 7.98. The number of amidine groups is 2. The van der Waals surface area contributed by atoms with Gasteiger partial charge in [-0.2, -0.15) is 10.2 Å². The maximum absolute atomic E-state index is 4.91. The van der Waals surface area contributed by atoms with E-state index in [1.807, 2.05) is 135 Å². The van der Waals surface area contributed by atoms with Crippen molar-refractivity contribution < 1.29 is 0 Å². The average molecular weight is 653 g/mol. The highest BCUT2D eigenvalue weighted by Crippen LogP contribution is 2.23. The molecule has 0 unspecified atom stereocenters. The summed E-state index contributed by atoms with van der Waals surface area (Å²) in [5.74, 6) is 1.05. The molecule has 0 spiro atoms. The predicted molar refractivity (Wildman–Crippen MR) is 203 cm³/mol. The molecule has 0 bridgehead atoms. The number of benzene rings is 3. The maximum atomic E-state index is 4.91. The molecule has 0 radical (unpaired) electrons. The van der Waals surface area contributed by atoms with Crippen LogP contribution in [0.3, 0.4) is 0 Å². The maximum Gasteiger partial charge on any atom is 0.178 e. The van der Waals surface area contributed by atoms with Crippen molar-refractivity contribution >= 4 is 57.3 Å². The molecule has 3 aromatic carbocycles. The fourth-order valence-corrected chi connectivity index (χ4v) is 5.20. The van der Waals surface area contributed by atoms with Crippen LogP contribution in [0.15, 0.2) is 154 Å². The molecule has 50 heavy (non-hydrogen) atoms. The van der Waals surface area contributed by atoms with Gasteiger partial charge >= 0.3 is 0 Å². The van der Waals surface area contributed by atoms with E-state index in [1.165, 1.54) is 0 Å². The fourth-order valence-electron chi connectivity index (χ4n) is 5.20. The summed E-state index contributed by atoms with van der Waals surface area (Å²) in [6.45, 7) is 4.07. The molecule has 0 atom stereocenters. The van der Waals surface area contributed by atoms with Crippen LogP contribution >= 0.6 is 0 Å². The molecule has 0 aliphatic carbocycles. The molecule has 10 heteroatoms. The highest BCUT2D eigenvalue weighted by atomic mass is 15.3. The Hall–Kier alpha value is -6.94. The van der Waals surface area contributed by atoms with E-state index in [4.69, 9.17) is 9.97 Å². The number of nitrogens with one attached hydrogen (secondary N) is 2. The molecule has 0 amide bonds. The molecule has 7 aromatic rings. The van der Waals surface area contributed by atoms with Crippen molar-refractivity contribution in [2.75, 3.05) is 10.6 Å². The topological polar surface area (TPSA) is 125 Å². The lowest BCUT2D eigenvalue weighted by atomic mass is 10.1. The Morgan fingerprint density at radius 3 is 1.34 bits per heavy atom. The van der Waals surface area contributed by atoms with Crippen LogP contribution in [0.25, 0.3) is 21.8 Å². The van der Waals surface area contributed by atoms with Crippen LogP contribution < -0.4 is 10.6 Å². The van der Waals surface area contributed by atoms with Crippen LogP contribution in [0, 0.1) is 13.8 Å². The molecule has 2 N–H and O–H groups in total. The summed E-state index contributed by atoms with van der Waals surface area (Å²) in [4.78, 5) is 18.7. The van der Waals surface area contributed by atoms with Gasteiger partial charge in [0.25, 0.3) is 0 Å². The Morgan fingerprint density at radius 2 is 0.920 bits per heavy atom. The Kier molecular flexibility index (Phi) is 9.41. The lowest BCUT2D eigenvalue weighted by Crippen LogP contribution is -2.15. The van der Waals surface area contributed by atoms with Gasteiger partial charge in [0.05, 0.1) is 34.9 Å².